The van der Waals surface area contributed by atoms with E-state index in [0.717, 1.165) is 19.3 Å². The van der Waals surface area contributed by atoms with E-state index in [4.69, 9.17) is 9.47 Å². The number of sulfone groups is 1. The number of anilines is 1. The normalized spacial score (nSPS) is 11.1. The van der Waals surface area contributed by atoms with Crippen molar-refractivity contribution in [2.45, 2.75) is 42.4 Å². The van der Waals surface area contributed by atoms with Crippen LogP contribution >= 0.6 is 0 Å². The van der Waals surface area contributed by atoms with E-state index in [1.165, 1.54) is 18.2 Å². The third kappa shape index (κ3) is 7.08. The van der Waals surface area contributed by atoms with Crippen LogP contribution in [0.2, 0.25) is 0 Å². The second kappa shape index (κ2) is 13.5. The van der Waals surface area contributed by atoms with Gasteiger partial charge in [0, 0.05) is 17.5 Å². The molecule has 0 spiro atoms. The number of hydrogen-bond acceptors (Lipinski definition) is 9. The van der Waals surface area contributed by atoms with Crippen molar-refractivity contribution in [3.05, 3.63) is 78.4 Å². The second-order valence-electron chi connectivity index (χ2n) is 8.67. The molecule has 40 heavy (non-hydrogen) atoms. The van der Waals surface area contributed by atoms with Gasteiger partial charge in [0.1, 0.15) is 5.75 Å². The van der Waals surface area contributed by atoms with E-state index in [2.05, 4.69) is 25.9 Å². The Morgan fingerprint density at radius 2 is 1.62 bits per heavy atom. The van der Waals surface area contributed by atoms with Crippen molar-refractivity contribution in [3.63, 3.8) is 0 Å². The smallest absolute Gasteiger partial charge is 0.305 e. The molecule has 0 bridgehead atoms. The first kappa shape index (κ1) is 28.4. The minimum Gasteiger partial charge on any atom is -0.494 e. The molecule has 0 unspecified atom stereocenters. The van der Waals surface area contributed by atoms with Crippen LogP contribution in [0.1, 0.15) is 43.0 Å². The number of nitrogens with one attached hydrogen (secondary N) is 2. The van der Waals surface area contributed by atoms with Crippen molar-refractivity contribution in [2.24, 2.45) is 0 Å². The highest BCUT2D eigenvalue weighted by molar-refractivity contribution is 7.91. The highest BCUT2D eigenvalue weighted by Gasteiger charge is 2.26. The van der Waals surface area contributed by atoms with Gasteiger partial charge in [-0.05, 0) is 79.9 Å². The SMILES string of the molecule is CCOC(=O)CCCCCOc1ccc(C(=O)Nc2ccccc2S(=O)(=O)c2ccccc2-c2nn[nH]n2)cc1. The lowest BCUT2D eigenvalue weighted by atomic mass is 10.2. The molecule has 1 aromatic heterocycles. The van der Waals surface area contributed by atoms with Crippen molar-refractivity contribution in [1.29, 1.82) is 0 Å². The molecule has 2 N–H and O–H groups in total. The van der Waals surface area contributed by atoms with Crippen LogP contribution in [0.5, 0.6) is 5.75 Å². The van der Waals surface area contributed by atoms with Gasteiger partial charge in [-0.15, -0.1) is 10.2 Å². The Bertz CT molecular complexity index is 1540. The fraction of sp³-hybridized carbons (Fsp3) is 0.250. The number of hydrogen-bond donors (Lipinski definition) is 2. The molecule has 12 heteroatoms. The zero-order chi connectivity index (χ0) is 28.4. The van der Waals surface area contributed by atoms with Gasteiger partial charge >= 0.3 is 5.97 Å². The van der Waals surface area contributed by atoms with Gasteiger partial charge in [-0.2, -0.15) is 5.21 Å². The summed E-state index contributed by atoms with van der Waals surface area (Å²) in [5, 5.41) is 16.4. The van der Waals surface area contributed by atoms with Crippen LogP contribution in [0.3, 0.4) is 0 Å². The number of unbranched alkanes of at least 4 members (excludes halogenated alkanes) is 2. The molecule has 0 saturated heterocycles. The van der Waals surface area contributed by atoms with Gasteiger partial charge in [0.15, 0.2) is 0 Å². The van der Waals surface area contributed by atoms with E-state index in [1.54, 1.807) is 61.5 Å². The fourth-order valence-electron chi connectivity index (χ4n) is 3.95. The van der Waals surface area contributed by atoms with E-state index < -0.39 is 15.7 Å². The minimum absolute atomic E-state index is 0.0134. The third-order valence-corrected chi connectivity index (χ3v) is 7.77. The number of aromatic nitrogens is 4. The van der Waals surface area contributed by atoms with Crippen molar-refractivity contribution in [3.8, 4) is 17.1 Å². The average molecular weight is 564 g/mol. The summed E-state index contributed by atoms with van der Waals surface area (Å²) in [5.41, 5.74) is 0.756. The van der Waals surface area contributed by atoms with E-state index in [-0.39, 0.29) is 32.8 Å². The van der Waals surface area contributed by atoms with Crippen LogP contribution < -0.4 is 10.1 Å². The van der Waals surface area contributed by atoms with Gasteiger partial charge in [-0.3, -0.25) is 9.59 Å². The van der Waals surface area contributed by atoms with E-state index in [9.17, 15) is 18.0 Å². The highest BCUT2D eigenvalue weighted by atomic mass is 32.2. The first-order valence-corrected chi connectivity index (χ1v) is 14.2. The molecule has 0 fully saturated rings. The van der Waals surface area contributed by atoms with Crippen LogP contribution in [0.15, 0.2) is 82.6 Å². The minimum atomic E-state index is -4.07. The van der Waals surface area contributed by atoms with Crippen molar-refractivity contribution < 1.29 is 27.5 Å². The Balaban J connectivity index is 1.40. The quantitative estimate of drug-likeness (QED) is 0.177. The van der Waals surface area contributed by atoms with Crippen LogP contribution in [0.4, 0.5) is 5.69 Å². The predicted octanol–water partition coefficient (Wildman–Crippen LogP) is 4.45. The summed E-state index contributed by atoms with van der Waals surface area (Å²) in [4.78, 5) is 24.3. The van der Waals surface area contributed by atoms with Crippen molar-refractivity contribution in [2.75, 3.05) is 18.5 Å². The monoisotopic (exact) mass is 563 g/mol. The predicted molar refractivity (Wildman–Crippen MR) is 146 cm³/mol. The number of esters is 1. The van der Waals surface area contributed by atoms with Gasteiger partial charge in [0.2, 0.25) is 15.7 Å². The third-order valence-electron chi connectivity index (χ3n) is 5.90. The molecule has 11 nitrogen and oxygen atoms in total. The number of carbonyl (C=O) groups is 2. The van der Waals surface area contributed by atoms with Crippen LogP contribution in [0.25, 0.3) is 11.4 Å². The standard InChI is InChI=1S/C28H29N5O6S/c1-2-38-26(34)14-4-3-9-19-39-21-17-15-20(16-18-21)28(35)29-23-11-6-8-13-25(23)40(36,37)24-12-7-5-10-22(24)27-30-32-33-31-27/h5-8,10-13,15-18H,2-4,9,14,19H2,1H3,(H,29,35)(H,30,31,32,33). The second-order valence-corrected chi connectivity index (χ2v) is 10.6. The maximum absolute atomic E-state index is 13.7. The molecule has 208 valence electrons. The number of para-hydroxylation sites is 1. The lowest BCUT2D eigenvalue weighted by Crippen LogP contribution is -2.15. The fourth-order valence-corrected chi connectivity index (χ4v) is 5.56. The summed E-state index contributed by atoms with van der Waals surface area (Å²) in [5.74, 6) is 0.0773. The lowest BCUT2D eigenvalue weighted by Gasteiger charge is -2.14. The summed E-state index contributed by atoms with van der Waals surface area (Å²) >= 11 is 0. The number of benzene rings is 3. The Morgan fingerprint density at radius 3 is 2.35 bits per heavy atom. The van der Waals surface area contributed by atoms with Gasteiger partial charge in [-0.25, -0.2) is 8.42 Å². The number of amides is 1. The Morgan fingerprint density at radius 1 is 0.900 bits per heavy atom. The molecule has 0 saturated carbocycles. The zero-order valence-corrected chi connectivity index (χ0v) is 22.7. The Hall–Kier alpha value is -4.58. The number of H-pyrrole nitrogens is 1. The molecule has 4 aromatic rings. The molecule has 3 aromatic carbocycles. The van der Waals surface area contributed by atoms with Crippen molar-refractivity contribution >= 4 is 27.4 Å². The molecule has 0 aliphatic rings. The summed E-state index contributed by atoms with van der Waals surface area (Å²) in [6, 6.07) is 19.1. The molecule has 0 atom stereocenters. The van der Waals surface area contributed by atoms with E-state index in [0.29, 0.717) is 30.9 Å². The zero-order valence-electron chi connectivity index (χ0n) is 21.9. The first-order valence-electron chi connectivity index (χ1n) is 12.8. The Labute approximate surface area is 231 Å². The van der Waals surface area contributed by atoms with E-state index in [1.807, 2.05) is 0 Å². The molecule has 1 amide bonds. The number of ether oxygens (including phenoxy) is 2. The number of aromatic amines is 1. The summed E-state index contributed by atoms with van der Waals surface area (Å²) < 4.78 is 38.0. The van der Waals surface area contributed by atoms with Crippen molar-refractivity contribution in [1.82, 2.24) is 20.6 Å². The summed E-state index contributed by atoms with van der Waals surface area (Å²) in [7, 11) is -4.07. The average Bonchev–Trinajstić information content (AvgIpc) is 3.51. The topological polar surface area (TPSA) is 153 Å². The first-order chi connectivity index (χ1) is 19.4. The van der Waals surface area contributed by atoms with Crippen LogP contribution in [-0.4, -0.2) is 54.1 Å². The maximum Gasteiger partial charge on any atom is 0.305 e. The molecule has 0 aliphatic carbocycles. The number of tetrazole rings is 1. The highest BCUT2D eigenvalue weighted by Crippen LogP contribution is 2.33. The summed E-state index contributed by atoms with van der Waals surface area (Å²) in [6.07, 6.45) is 2.75. The summed E-state index contributed by atoms with van der Waals surface area (Å²) in [6.45, 7) is 2.65. The molecular weight excluding hydrogens is 534 g/mol. The number of rotatable bonds is 13. The van der Waals surface area contributed by atoms with Gasteiger partial charge in [-0.1, -0.05) is 24.3 Å². The lowest BCUT2D eigenvalue weighted by molar-refractivity contribution is -0.143. The number of nitrogens with zero attached hydrogens (tertiary/aromatic N) is 3. The van der Waals surface area contributed by atoms with Crippen LogP contribution in [0, 0.1) is 0 Å². The van der Waals surface area contributed by atoms with Gasteiger partial charge in [0.25, 0.3) is 5.91 Å². The largest absolute Gasteiger partial charge is 0.494 e. The Kier molecular flexibility index (Phi) is 9.57. The van der Waals surface area contributed by atoms with E-state index >= 15 is 0 Å². The van der Waals surface area contributed by atoms with Crippen LogP contribution in [-0.2, 0) is 19.4 Å². The molecular formula is C28H29N5O6S. The molecule has 0 radical (unpaired) electrons. The number of carbonyl (C=O) groups excluding carboxylic acids is 2. The van der Waals surface area contributed by atoms with Gasteiger partial charge in [0.05, 0.1) is 28.7 Å². The molecule has 1 heterocycles. The molecule has 0 aliphatic heterocycles. The maximum atomic E-state index is 13.7. The molecule has 4 rings (SSSR count). The van der Waals surface area contributed by atoms with Gasteiger partial charge < -0.3 is 14.8 Å².